The van der Waals surface area contributed by atoms with Gasteiger partial charge in [-0.2, -0.15) is 5.10 Å². The highest BCUT2D eigenvalue weighted by atomic mass is 16.5. The first-order chi connectivity index (χ1) is 14.8. The number of benzene rings is 1. The van der Waals surface area contributed by atoms with Gasteiger partial charge in [0.15, 0.2) is 5.65 Å². The lowest BCUT2D eigenvalue weighted by atomic mass is 10.0. The van der Waals surface area contributed by atoms with Gasteiger partial charge in [-0.15, -0.1) is 0 Å². The molecule has 0 radical (unpaired) electrons. The molecule has 30 heavy (non-hydrogen) atoms. The van der Waals surface area contributed by atoms with Crippen molar-refractivity contribution < 1.29 is 14.3 Å². The lowest BCUT2D eigenvalue weighted by Gasteiger charge is -2.13. The first kappa shape index (κ1) is 23.3. The third-order valence-electron chi connectivity index (χ3n) is 4.39. The first-order valence-corrected chi connectivity index (χ1v) is 10.6. The third kappa shape index (κ3) is 5.33. The quantitative estimate of drug-likeness (QED) is 0.538. The number of rotatable bonds is 4. The van der Waals surface area contributed by atoms with Crippen molar-refractivity contribution in [2.24, 2.45) is 0 Å². The maximum atomic E-state index is 11.8. The summed E-state index contributed by atoms with van der Waals surface area (Å²) in [4.78, 5) is 16.3. The summed E-state index contributed by atoms with van der Waals surface area (Å²) in [7, 11) is 0. The van der Waals surface area contributed by atoms with Crippen molar-refractivity contribution >= 4 is 17.2 Å². The molecule has 0 saturated heterocycles. The van der Waals surface area contributed by atoms with E-state index in [1.54, 1.807) is 25.3 Å². The Kier molecular flexibility index (Phi) is 9.22. The van der Waals surface area contributed by atoms with E-state index in [0.29, 0.717) is 18.8 Å². The fourth-order valence-corrected chi connectivity index (χ4v) is 3.03. The van der Waals surface area contributed by atoms with E-state index in [-0.39, 0.29) is 5.97 Å². The number of imidazole rings is 1. The molecule has 160 valence electrons. The molecule has 0 saturated carbocycles. The van der Waals surface area contributed by atoms with Crippen molar-refractivity contribution in [1.29, 1.82) is 0 Å². The summed E-state index contributed by atoms with van der Waals surface area (Å²) in [5, 5.41) is 4.56. The molecule has 0 amide bonds. The van der Waals surface area contributed by atoms with Crippen LogP contribution in [0, 0.1) is 0 Å². The molecule has 0 bridgehead atoms. The zero-order valence-corrected chi connectivity index (χ0v) is 18.5. The number of hydrogen-bond acceptors (Lipinski definition) is 5. The standard InChI is InChI=1S/C20H19N3O3.2C2H6/c1-2-26-20(24)16-5-3-15(4-6-16)18-13-21-19-11-17(12-22-23(18)19)14-7-9-25-10-8-14;2*1-2/h3-7,11-13H,2,8-10H2,1H3;2*1-2H3. The summed E-state index contributed by atoms with van der Waals surface area (Å²) in [6, 6.07) is 9.32. The zero-order valence-electron chi connectivity index (χ0n) is 18.5. The van der Waals surface area contributed by atoms with Crippen LogP contribution < -0.4 is 0 Å². The van der Waals surface area contributed by atoms with Crippen LogP contribution in [0.25, 0.3) is 22.5 Å². The predicted octanol–water partition coefficient (Wildman–Crippen LogP) is 5.43. The number of nitrogens with zero attached hydrogens (tertiary/aromatic N) is 3. The summed E-state index contributed by atoms with van der Waals surface area (Å²) in [5.41, 5.74) is 5.47. The third-order valence-corrected chi connectivity index (χ3v) is 4.39. The van der Waals surface area contributed by atoms with Gasteiger partial charge >= 0.3 is 5.97 Å². The van der Waals surface area contributed by atoms with Gasteiger partial charge in [-0.25, -0.2) is 14.3 Å². The summed E-state index contributed by atoms with van der Waals surface area (Å²) >= 11 is 0. The lowest BCUT2D eigenvalue weighted by Crippen LogP contribution is -2.05. The van der Waals surface area contributed by atoms with Crippen LogP contribution in [-0.4, -0.2) is 40.4 Å². The van der Waals surface area contributed by atoms with E-state index >= 15 is 0 Å². The molecule has 2 aromatic heterocycles. The number of hydrogen-bond donors (Lipinski definition) is 0. The molecule has 4 rings (SSSR count). The molecule has 3 heterocycles. The Bertz CT molecular complexity index is 975. The second-order valence-corrected chi connectivity index (χ2v) is 6.01. The Balaban J connectivity index is 0.000000757. The van der Waals surface area contributed by atoms with Crippen molar-refractivity contribution in [2.75, 3.05) is 19.8 Å². The van der Waals surface area contributed by atoms with Gasteiger partial charge < -0.3 is 9.47 Å². The molecule has 0 fully saturated rings. The zero-order chi connectivity index (χ0) is 21.9. The van der Waals surface area contributed by atoms with E-state index in [9.17, 15) is 4.79 Å². The molecule has 1 aliphatic rings. The van der Waals surface area contributed by atoms with Gasteiger partial charge in [-0.1, -0.05) is 45.9 Å². The van der Waals surface area contributed by atoms with Crippen LogP contribution in [-0.2, 0) is 9.47 Å². The fraction of sp³-hybridized carbons (Fsp3) is 0.375. The Morgan fingerprint density at radius 2 is 1.83 bits per heavy atom. The Morgan fingerprint density at radius 3 is 2.47 bits per heavy atom. The number of ether oxygens (including phenoxy) is 2. The van der Waals surface area contributed by atoms with Crippen molar-refractivity contribution in [3.63, 3.8) is 0 Å². The Hall–Kier alpha value is -2.99. The van der Waals surface area contributed by atoms with Gasteiger partial charge in [-0.05, 0) is 37.1 Å². The van der Waals surface area contributed by atoms with Crippen LogP contribution in [0.2, 0.25) is 0 Å². The van der Waals surface area contributed by atoms with Gasteiger partial charge in [-0.3, -0.25) is 0 Å². The highest BCUT2D eigenvalue weighted by molar-refractivity contribution is 5.90. The van der Waals surface area contributed by atoms with Crippen molar-refractivity contribution in [1.82, 2.24) is 14.6 Å². The van der Waals surface area contributed by atoms with Crippen LogP contribution in [0.3, 0.4) is 0 Å². The molecule has 6 heteroatoms. The van der Waals surface area contributed by atoms with Gasteiger partial charge in [0.1, 0.15) is 0 Å². The molecular weight excluding hydrogens is 378 g/mol. The highest BCUT2D eigenvalue weighted by Crippen LogP contribution is 2.25. The van der Waals surface area contributed by atoms with Crippen molar-refractivity contribution in [2.45, 2.75) is 41.0 Å². The van der Waals surface area contributed by atoms with E-state index < -0.39 is 0 Å². The van der Waals surface area contributed by atoms with Crippen LogP contribution in [0.15, 0.2) is 48.8 Å². The lowest BCUT2D eigenvalue weighted by molar-refractivity contribution is 0.0526. The van der Waals surface area contributed by atoms with Crippen molar-refractivity contribution in [3.05, 3.63) is 59.9 Å². The number of carbonyl (C=O) groups is 1. The average Bonchev–Trinajstić information content (AvgIpc) is 3.26. The molecule has 1 aromatic carbocycles. The molecule has 3 aromatic rings. The van der Waals surface area contributed by atoms with Crippen LogP contribution in [0.4, 0.5) is 0 Å². The van der Waals surface area contributed by atoms with E-state index in [4.69, 9.17) is 9.47 Å². The maximum Gasteiger partial charge on any atom is 0.338 e. The van der Waals surface area contributed by atoms with Gasteiger partial charge in [0.25, 0.3) is 0 Å². The summed E-state index contributed by atoms with van der Waals surface area (Å²) < 4.78 is 12.2. The van der Waals surface area contributed by atoms with Crippen LogP contribution in [0.5, 0.6) is 0 Å². The van der Waals surface area contributed by atoms with E-state index in [1.807, 2.05) is 56.6 Å². The van der Waals surface area contributed by atoms with Gasteiger partial charge in [0.05, 0.1) is 43.5 Å². The Morgan fingerprint density at radius 1 is 1.10 bits per heavy atom. The molecule has 0 unspecified atom stereocenters. The Labute approximate surface area is 178 Å². The molecule has 0 N–H and O–H groups in total. The molecule has 0 atom stereocenters. The molecule has 0 aliphatic carbocycles. The SMILES string of the molecule is CC.CC.CCOC(=O)c1ccc(-c2cnc3cc(C4=CCOCC4)cnn23)cc1. The van der Waals surface area contributed by atoms with E-state index in [1.165, 1.54) is 5.57 Å². The molecular formula is C24H31N3O3. The minimum absolute atomic E-state index is 0.315. The van der Waals surface area contributed by atoms with Crippen LogP contribution in [0.1, 0.15) is 57.0 Å². The normalized spacial score (nSPS) is 12.8. The second-order valence-electron chi connectivity index (χ2n) is 6.01. The van der Waals surface area contributed by atoms with Gasteiger partial charge in [0, 0.05) is 11.1 Å². The predicted molar refractivity (Wildman–Crippen MR) is 120 cm³/mol. The van der Waals surface area contributed by atoms with Crippen LogP contribution >= 0.6 is 0 Å². The number of fused-ring (bicyclic) bond motifs is 1. The highest BCUT2D eigenvalue weighted by Gasteiger charge is 2.12. The largest absolute Gasteiger partial charge is 0.462 e. The summed E-state index contributed by atoms with van der Waals surface area (Å²) in [6.45, 7) is 11.5. The molecule has 6 nitrogen and oxygen atoms in total. The number of esters is 1. The topological polar surface area (TPSA) is 65.7 Å². The fourth-order valence-electron chi connectivity index (χ4n) is 3.03. The maximum absolute atomic E-state index is 11.8. The first-order valence-electron chi connectivity index (χ1n) is 10.6. The van der Waals surface area contributed by atoms with E-state index in [2.05, 4.69) is 16.2 Å². The number of carbonyl (C=O) groups excluding carboxylic acids is 1. The number of aromatic nitrogens is 3. The summed E-state index contributed by atoms with van der Waals surface area (Å²) in [6.07, 6.45) is 6.64. The average molecular weight is 410 g/mol. The smallest absolute Gasteiger partial charge is 0.338 e. The minimum Gasteiger partial charge on any atom is -0.462 e. The van der Waals surface area contributed by atoms with E-state index in [0.717, 1.165) is 35.5 Å². The van der Waals surface area contributed by atoms with Crippen molar-refractivity contribution in [3.8, 4) is 11.3 Å². The van der Waals surface area contributed by atoms with Gasteiger partial charge in [0.2, 0.25) is 0 Å². The monoisotopic (exact) mass is 409 g/mol. The minimum atomic E-state index is -0.315. The summed E-state index contributed by atoms with van der Waals surface area (Å²) in [5.74, 6) is -0.315. The molecule has 1 aliphatic heterocycles. The second kappa shape index (κ2) is 11.9. The molecule has 0 spiro atoms.